The second kappa shape index (κ2) is 6.89. The average molecular weight is 262 g/mol. The van der Waals surface area contributed by atoms with Crippen LogP contribution in [-0.4, -0.2) is 29.1 Å². The first-order valence-corrected chi connectivity index (χ1v) is 6.53. The summed E-state index contributed by atoms with van der Waals surface area (Å²) in [4.78, 5) is 18.1. The summed E-state index contributed by atoms with van der Waals surface area (Å²) in [7, 11) is 0. The van der Waals surface area contributed by atoms with Crippen LogP contribution in [0.2, 0.25) is 0 Å². The first-order valence-electron chi connectivity index (χ1n) is 6.53. The maximum Gasteiger partial charge on any atom is 0.334 e. The van der Waals surface area contributed by atoms with E-state index in [1.54, 1.807) is 6.20 Å². The van der Waals surface area contributed by atoms with Crippen LogP contribution in [0.3, 0.4) is 0 Å². The Balaban J connectivity index is 1.82. The van der Waals surface area contributed by atoms with Gasteiger partial charge in [-0.15, -0.1) is 5.10 Å². The molecule has 19 heavy (non-hydrogen) atoms. The molecule has 0 aliphatic carbocycles. The van der Waals surface area contributed by atoms with E-state index in [1.165, 1.54) is 4.85 Å². The van der Waals surface area contributed by atoms with Crippen molar-refractivity contribution in [3.63, 3.8) is 0 Å². The zero-order valence-electron chi connectivity index (χ0n) is 11.0. The van der Waals surface area contributed by atoms with E-state index in [0.29, 0.717) is 19.6 Å². The van der Waals surface area contributed by atoms with Crippen molar-refractivity contribution in [1.29, 1.82) is 0 Å². The molecule has 2 aromatic rings. The number of carbonyl (C=O) groups is 1. The van der Waals surface area contributed by atoms with Gasteiger partial charge < -0.3 is 9.57 Å². The van der Waals surface area contributed by atoms with Crippen LogP contribution in [0, 0.1) is 0 Å². The minimum atomic E-state index is -0.273. The van der Waals surface area contributed by atoms with Crippen molar-refractivity contribution in [2.45, 2.75) is 26.2 Å². The van der Waals surface area contributed by atoms with E-state index in [0.717, 1.165) is 23.7 Å². The monoisotopic (exact) mass is 262 g/mol. The van der Waals surface area contributed by atoms with Gasteiger partial charge in [0, 0.05) is 25.0 Å². The summed E-state index contributed by atoms with van der Waals surface area (Å²) < 4.78 is 5.21. The second-order valence-corrected chi connectivity index (χ2v) is 4.19. The van der Waals surface area contributed by atoms with E-state index < -0.39 is 0 Å². The molecule has 0 radical (unpaired) electrons. The number of nitrogens with zero attached hydrogens (tertiary/aromatic N) is 2. The highest BCUT2D eigenvalue weighted by molar-refractivity contribution is 5.79. The van der Waals surface area contributed by atoms with Crippen LogP contribution in [-0.2, 0) is 9.53 Å². The molecule has 2 rings (SSSR count). The van der Waals surface area contributed by atoms with Gasteiger partial charge in [-0.3, -0.25) is 0 Å². The Morgan fingerprint density at radius 1 is 1.32 bits per heavy atom. The van der Waals surface area contributed by atoms with Crippen LogP contribution >= 0.6 is 0 Å². The van der Waals surface area contributed by atoms with Crippen LogP contribution in [0.5, 0.6) is 0 Å². The lowest BCUT2D eigenvalue weighted by atomic mass is 10.2. The van der Waals surface area contributed by atoms with Crippen LogP contribution in [0.25, 0.3) is 10.9 Å². The van der Waals surface area contributed by atoms with Crippen LogP contribution in [0.4, 0.5) is 0 Å². The summed E-state index contributed by atoms with van der Waals surface area (Å²) in [6.45, 7) is 3.36. The van der Waals surface area contributed by atoms with Gasteiger partial charge in [-0.2, -0.15) is 0 Å². The fourth-order valence-electron chi connectivity index (χ4n) is 1.78. The third-order valence-corrected chi connectivity index (χ3v) is 2.76. The van der Waals surface area contributed by atoms with E-state index in [9.17, 15) is 4.79 Å². The number of unbranched alkanes of at least 4 members (excludes halogenated alkanes) is 1. The Bertz CT molecular complexity index is 536. The number of para-hydroxylation sites is 1. The molecule has 0 bridgehead atoms. The largest absolute Gasteiger partial charge is 0.382 e. The number of hydrogen-bond donors (Lipinski definition) is 0. The fourth-order valence-corrected chi connectivity index (χ4v) is 1.78. The predicted octanol–water partition coefficient (Wildman–Crippen LogP) is 2.20. The number of fused-ring (bicyclic) bond motifs is 1. The third kappa shape index (κ3) is 3.79. The highest BCUT2D eigenvalue weighted by atomic mass is 16.7. The van der Waals surface area contributed by atoms with Gasteiger partial charge in [0.15, 0.2) is 0 Å². The summed E-state index contributed by atoms with van der Waals surface area (Å²) in [5.41, 5.74) is 0.796. The maximum atomic E-state index is 11.7. The average Bonchev–Trinajstić information content (AvgIpc) is 2.82. The van der Waals surface area contributed by atoms with E-state index in [2.05, 4.69) is 5.10 Å². The maximum absolute atomic E-state index is 11.7. The molecule has 0 aliphatic rings. The molecule has 1 heterocycles. The van der Waals surface area contributed by atoms with E-state index in [4.69, 9.17) is 9.57 Å². The first kappa shape index (κ1) is 13.5. The van der Waals surface area contributed by atoms with Gasteiger partial charge in [0.25, 0.3) is 0 Å². The van der Waals surface area contributed by atoms with Crippen molar-refractivity contribution in [2.24, 2.45) is 0 Å². The summed E-state index contributed by atoms with van der Waals surface area (Å²) in [5.74, 6) is -0.273. The zero-order chi connectivity index (χ0) is 13.5. The lowest BCUT2D eigenvalue weighted by molar-refractivity contribution is -0.145. The van der Waals surface area contributed by atoms with Crippen molar-refractivity contribution >= 4 is 16.9 Å². The van der Waals surface area contributed by atoms with E-state index >= 15 is 0 Å². The Hall–Kier alpha value is -1.88. The Morgan fingerprint density at radius 2 is 2.16 bits per heavy atom. The SMILES string of the molecule is CCOCCCCC(=O)On1ncc2ccccc21. The van der Waals surface area contributed by atoms with E-state index in [-0.39, 0.29) is 5.97 Å². The predicted molar refractivity (Wildman–Crippen MR) is 71.7 cm³/mol. The normalized spacial score (nSPS) is 10.8. The van der Waals surface area contributed by atoms with Crippen molar-refractivity contribution in [3.8, 4) is 0 Å². The third-order valence-electron chi connectivity index (χ3n) is 2.76. The minimum absolute atomic E-state index is 0.273. The van der Waals surface area contributed by atoms with Gasteiger partial charge in [-0.25, -0.2) is 4.79 Å². The molecule has 0 unspecified atom stereocenters. The molecule has 0 fully saturated rings. The molecule has 1 aromatic heterocycles. The molecule has 0 saturated carbocycles. The van der Waals surface area contributed by atoms with Gasteiger partial charge in [0.1, 0.15) is 5.52 Å². The zero-order valence-corrected chi connectivity index (χ0v) is 11.0. The standard InChI is InChI=1S/C14H18N2O3/c1-2-18-10-6-5-9-14(17)19-16-13-8-4-3-7-12(13)11-15-16/h3-4,7-8,11H,2,5-6,9-10H2,1H3. The molecule has 102 valence electrons. The van der Waals surface area contributed by atoms with Crippen molar-refractivity contribution in [2.75, 3.05) is 13.2 Å². The molecule has 0 spiro atoms. The fraction of sp³-hybridized carbons (Fsp3) is 0.429. The molecule has 0 saturated heterocycles. The number of ether oxygens (including phenoxy) is 1. The van der Waals surface area contributed by atoms with Crippen molar-refractivity contribution in [1.82, 2.24) is 9.94 Å². The van der Waals surface area contributed by atoms with Gasteiger partial charge in [0.2, 0.25) is 0 Å². The molecule has 1 aromatic carbocycles. The number of hydrogen-bond acceptors (Lipinski definition) is 4. The van der Waals surface area contributed by atoms with Crippen molar-refractivity contribution < 1.29 is 14.4 Å². The molecule has 0 amide bonds. The molecular weight excluding hydrogens is 244 g/mol. The molecule has 5 nitrogen and oxygen atoms in total. The lowest BCUT2D eigenvalue weighted by Crippen LogP contribution is -2.20. The molecule has 0 atom stereocenters. The molecule has 5 heteroatoms. The number of benzene rings is 1. The Kier molecular flexibility index (Phi) is 4.92. The first-order chi connectivity index (χ1) is 9.31. The highest BCUT2D eigenvalue weighted by Gasteiger charge is 2.08. The number of aromatic nitrogens is 2. The van der Waals surface area contributed by atoms with Gasteiger partial charge >= 0.3 is 5.97 Å². The van der Waals surface area contributed by atoms with Gasteiger partial charge in [-0.1, -0.05) is 23.0 Å². The molecule has 0 N–H and O–H groups in total. The smallest absolute Gasteiger partial charge is 0.334 e. The Morgan fingerprint density at radius 3 is 3.00 bits per heavy atom. The highest BCUT2D eigenvalue weighted by Crippen LogP contribution is 2.11. The summed E-state index contributed by atoms with van der Waals surface area (Å²) >= 11 is 0. The molecular formula is C14H18N2O3. The second-order valence-electron chi connectivity index (χ2n) is 4.19. The van der Waals surface area contributed by atoms with Crippen molar-refractivity contribution in [3.05, 3.63) is 30.5 Å². The van der Waals surface area contributed by atoms with Crippen LogP contribution in [0.1, 0.15) is 26.2 Å². The minimum Gasteiger partial charge on any atom is -0.382 e. The Labute approximate surface area is 112 Å². The quantitative estimate of drug-likeness (QED) is 0.718. The number of carbonyl (C=O) groups excluding carboxylic acids is 1. The lowest BCUT2D eigenvalue weighted by Gasteiger charge is -2.04. The van der Waals surface area contributed by atoms with Gasteiger partial charge in [-0.05, 0) is 25.8 Å². The topological polar surface area (TPSA) is 53.4 Å². The van der Waals surface area contributed by atoms with Crippen LogP contribution < -0.4 is 4.84 Å². The summed E-state index contributed by atoms with van der Waals surface area (Å²) in [5, 5.41) is 4.99. The molecule has 0 aliphatic heterocycles. The van der Waals surface area contributed by atoms with Crippen LogP contribution in [0.15, 0.2) is 30.5 Å². The summed E-state index contributed by atoms with van der Waals surface area (Å²) in [6.07, 6.45) is 3.68. The summed E-state index contributed by atoms with van der Waals surface area (Å²) in [6, 6.07) is 7.60. The van der Waals surface area contributed by atoms with E-state index in [1.807, 2.05) is 31.2 Å². The number of rotatable bonds is 7. The van der Waals surface area contributed by atoms with Gasteiger partial charge in [0.05, 0.1) is 6.20 Å².